The van der Waals surface area contributed by atoms with Gasteiger partial charge in [-0.25, -0.2) is 19.5 Å². The summed E-state index contributed by atoms with van der Waals surface area (Å²) in [5, 5.41) is 5.63. The quantitative estimate of drug-likeness (QED) is 0.481. The standard InChI is InChI=1S/C21H15N5/c1-14-17-9-5-6-10-18(17)23-20(22-14)16-11-12-26-19(13-16)24-21(25-26)15-7-3-2-4-8-15/h2-13H,1H3. The Morgan fingerprint density at radius 3 is 2.42 bits per heavy atom. The average molecular weight is 337 g/mol. The number of aromatic nitrogens is 5. The molecule has 0 spiro atoms. The largest absolute Gasteiger partial charge is 0.233 e. The van der Waals surface area contributed by atoms with Crippen LogP contribution >= 0.6 is 0 Å². The second-order valence-electron chi connectivity index (χ2n) is 6.17. The van der Waals surface area contributed by atoms with Gasteiger partial charge in [-0.2, -0.15) is 0 Å². The molecule has 0 unspecified atom stereocenters. The van der Waals surface area contributed by atoms with Crippen LogP contribution in [0.2, 0.25) is 0 Å². The van der Waals surface area contributed by atoms with Crippen molar-refractivity contribution in [1.29, 1.82) is 0 Å². The van der Waals surface area contributed by atoms with E-state index in [2.05, 4.69) is 15.1 Å². The lowest BCUT2D eigenvalue weighted by Crippen LogP contribution is -1.95. The first-order valence-electron chi connectivity index (χ1n) is 8.43. The number of benzene rings is 2. The lowest BCUT2D eigenvalue weighted by Gasteiger charge is -2.05. The molecule has 0 bridgehead atoms. The molecule has 5 nitrogen and oxygen atoms in total. The number of rotatable bonds is 2. The Labute approximate surface area is 150 Å². The summed E-state index contributed by atoms with van der Waals surface area (Å²) < 4.78 is 1.78. The van der Waals surface area contributed by atoms with E-state index in [1.54, 1.807) is 4.52 Å². The average Bonchev–Trinajstić information content (AvgIpc) is 3.12. The molecule has 0 aliphatic heterocycles. The highest BCUT2D eigenvalue weighted by Gasteiger charge is 2.10. The van der Waals surface area contributed by atoms with E-state index < -0.39 is 0 Å². The summed E-state index contributed by atoms with van der Waals surface area (Å²) in [6, 6.07) is 22.0. The van der Waals surface area contributed by atoms with Crippen LogP contribution in [0.15, 0.2) is 72.9 Å². The van der Waals surface area contributed by atoms with Gasteiger partial charge in [-0.15, -0.1) is 5.10 Å². The molecule has 124 valence electrons. The number of hydrogen-bond donors (Lipinski definition) is 0. The van der Waals surface area contributed by atoms with Crippen LogP contribution in [-0.2, 0) is 0 Å². The van der Waals surface area contributed by atoms with Gasteiger partial charge in [0.1, 0.15) is 0 Å². The summed E-state index contributed by atoms with van der Waals surface area (Å²) in [6.07, 6.45) is 1.90. The van der Waals surface area contributed by atoms with E-state index in [4.69, 9.17) is 4.98 Å². The predicted molar refractivity (Wildman–Crippen MR) is 102 cm³/mol. The molecule has 0 radical (unpaired) electrons. The first-order chi connectivity index (χ1) is 12.8. The van der Waals surface area contributed by atoms with Crippen LogP contribution in [0.3, 0.4) is 0 Å². The Morgan fingerprint density at radius 2 is 1.54 bits per heavy atom. The van der Waals surface area contributed by atoms with Crippen LogP contribution in [0.5, 0.6) is 0 Å². The van der Waals surface area contributed by atoms with Crippen molar-refractivity contribution in [3.63, 3.8) is 0 Å². The summed E-state index contributed by atoms with van der Waals surface area (Å²) >= 11 is 0. The topological polar surface area (TPSA) is 56.0 Å². The summed E-state index contributed by atoms with van der Waals surface area (Å²) in [7, 11) is 0. The summed E-state index contributed by atoms with van der Waals surface area (Å²) in [5.74, 6) is 1.41. The van der Waals surface area contributed by atoms with Gasteiger partial charge in [0.05, 0.1) is 5.52 Å². The van der Waals surface area contributed by atoms with Gasteiger partial charge in [-0.05, 0) is 25.1 Å². The van der Waals surface area contributed by atoms with Crippen molar-refractivity contribution < 1.29 is 0 Å². The molecule has 3 heterocycles. The van der Waals surface area contributed by atoms with Gasteiger partial charge in [0.25, 0.3) is 0 Å². The molecule has 3 aromatic heterocycles. The molecule has 5 heteroatoms. The Morgan fingerprint density at radius 1 is 0.731 bits per heavy atom. The van der Waals surface area contributed by atoms with E-state index in [-0.39, 0.29) is 0 Å². The summed E-state index contributed by atoms with van der Waals surface area (Å²) in [4.78, 5) is 14.0. The zero-order valence-corrected chi connectivity index (χ0v) is 14.2. The van der Waals surface area contributed by atoms with Crippen LogP contribution in [0.4, 0.5) is 0 Å². The number of aryl methyl sites for hydroxylation is 1. The molecule has 0 aliphatic rings. The normalized spacial score (nSPS) is 11.3. The molecule has 0 aliphatic carbocycles. The minimum atomic E-state index is 0.702. The maximum atomic E-state index is 4.71. The zero-order valence-electron chi connectivity index (χ0n) is 14.2. The molecule has 5 aromatic rings. The molecular formula is C21H15N5. The second-order valence-corrected chi connectivity index (χ2v) is 6.17. The highest BCUT2D eigenvalue weighted by atomic mass is 15.3. The first-order valence-corrected chi connectivity index (χ1v) is 8.43. The van der Waals surface area contributed by atoms with Crippen LogP contribution in [0, 0.1) is 6.92 Å². The minimum absolute atomic E-state index is 0.702. The van der Waals surface area contributed by atoms with Crippen LogP contribution < -0.4 is 0 Å². The molecule has 5 rings (SSSR count). The zero-order chi connectivity index (χ0) is 17.5. The maximum Gasteiger partial charge on any atom is 0.182 e. The van der Waals surface area contributed by atoms with E-state index in [9.17, 15) is 0 Å². The fourth-order valence-corrected chi connectivity index (χ4v) is 3.09. The van der Waals surface area contributed by atoms with Crippen LogP contribution in [-0.4, -0.2) is 24.6 Å². The van der Waals surface area contributed by atoms with Gasteiger partial charge in [-0.1, -0.05) is 48.5 Å². The molecule has 0 N–H and O–H groups in total. The number of fused-ring (bicyclic) bond motifs is 2. The lowest BCUT2D eigenvalue weighted by molar-refractivity contribution is 0.965. The molecule has 0 saturated carbocycles. The van der Waals surface area contributed by atoms with Gasteiger partial charge in [0.2, 0.25) is 0 Å². The van der Waals surface area contributed by atoms with Crippen molar-refractivity contribution in [3.8, 4) is 22.8 Å². The monoisotopic (exact) mass is 337 g/mol. The maximum absolute atomic E-state index is 4.71. The van der Waals surface area contributed by atoms with E-state index in [1.165, 1.54) is 0 Å². The van der Waals surface area contributed by atoms with Crippen molar-refractivity contribution in [2.24, 2.45) is 0 Å². The van der Waals surface area contributed by atoms with Gasteiger partial charge < -0.3 is 0 Å². The first kappa shape index (κ1) is 14.7. The molecule has 2 aromatic carbocycles. The highest BCUT2D eigenvalue weighted by Crippen LogP contribution is 2.23. The Hall–Kier alpha value is -3.60. The highest BCUT2D eigenvalue weighted by molar-refractivity contribution is 5.82. The van der Waals surface area contributed by atoms with E-state index >= 15 is 0 Å². The molecule has 0 fully saturated rings. The predicted octanol–water partition coefficient (Wildman–Crippen LogP) is 4.31. The Bertz CT molecular complexity index is 1240. The third-order valence-corrected chi connectivity index (χ3v) is 4.42. The van der Waals surface area contributed by atoms with Gasteiger partial charge >= 0.3 is 0 Å². The second kappa shape index (κ2) is 5.74. The molecule has 0 amide bonds. The van der Waals surface area contributed by atoms with Crippen molar-refractivity contribution in [1.82, 2.24) is 24.6 Å². The lowest BCUT2D eigenvalue weighted by atomic mass is 10.1. The van der Waals surface area contributed by atoms with Gasteiger partial charge in [-0.3, -0.25) is 0 Å². The Kier molecular flexibility index (Phi) is 3.25. The van der Waals surface area contributed by atoms with Gasteiger partial charge in [0.15, 0.2) is 17.3 Å². The molecule has 26 heavy (non-hydrogen) atoms. The summed E-state index contributed by atoms with van der Waals surface area (Å²) in [5.41, 5.74) is 4.61. The van der Waals surface area contributed by atoms with E-state index in [1.807, 2.05) is 79.9 Å². The summed E-state index contributed by atoms with van der Waals surface area (Å²) in [6.45, 7) is 2.01. The van der Waals surface area contributed by atoms with Crippen LogP contribution in [0.1, 0.15) is 5.69 Å². The van der Waals surface area contributed by atoms with Crippen molar-refractivity contribution in [3.05, 3.63) is 78.6 Å². The Balaban J connectivity index is 1.64. The van der Waals surface area contributed by atoms with Crippen molar-refractivity contribution >= 4 is 16.6 Å². The van der Waals surface area contributed by atoms with E-state index in [0.717, 1.165) is 33.4 Å². The van der Waals surface area contributed by atoms with Crippen LogP contribution in [0.25, 0.3) is 39.3 Å². The fraction of sp³-hybridized carbons (Fsp3) is 0.0476. The van der Waals surface area contributed by atoms with E-state index in [0.29, 0.717) is 11.6 Å². The minimum Gasteiger partial charge on any atom is -0.233 e. The third kappa shape index (κ3) is 2.41. The van der Waals surface area contributed by atoms with Crippen molar-refractivity contribution in [2.45, 2.75) is 6.92 Å². The number of nitrogens with zero attached hydrogens (tertiary/aromatic N) is 5. The van der Waals surface area contributed by atoms with Crippen molar-refractivity contribution in [2.75, 3.05) is 0 Å². The molecular weight excluding hydrogens is 322 g/mol. The number of para-hydroxylation sites is 1. The number of hydrogen-bond acceptors (Lipinski definition) is 4. The third-order valence-electron chi connectivity index (χ3n) is 4.42. The van der Waals surface area contributed by atoms with Gasteiger partial charge in [0, 0.05) is 28.4 Å². The SMILES string of the molecule is Cc1nc(-c2ccn3nc(-c4ccccc4)nc3c2)nc2ccccc12. The fourth-order valence-electron chi connectivity index (χ4n) is 3.09. The molecule has 0 saturated heterocycles. The molecule has 0 atom stereocenters. The smallest absolute Gasteiger partial charge is 0.182 e. The number of pyridine rings is 1.